The molecule has 120 valence electrons. The second kappa shape index (κ2) is 7.49. The van der Waals surface area contributed by atoms with Crippen molar-refractivity contribution in [2.75, 3.05) is 4.72 Å². The fourth-order valence-corrected chi connectivity index (χ4v) is 3.66. The highest BCUT2D eigenvalue weighted by molar-refractivity contribution is 8.00. The first-order chi connectivity index (χ1) is 10.5. The molecule has 2 aromatic rings. The molecule has 5 heteroatoms. The van der Waals surface area contributed by atoms with E-state index in [1.807, 2.05) is 19.2 Å². The summed E-state index contributed by atoms with van der Waals surface area (Å²) in [7, 11) is 0. The van der Waals surface area contributed by atoms with Gasteiger partial charge in [0.2, 0.25) is 0 Å². The molecule has 1 aromatic carbocycles. The molecule has 0 saturated carbocycles. The van der Waals surface area contributed by atoms with Gasteiger partial charge >= 0.3 is 0 Å². The maximum atomic E-state index is 10.5. The summed E-state index contributed by atoms with van der Waals surface area (Å²) in [6, 6.07) is 8.57. The molecule has 2 rings (SSSR count). The van der Waals surface area contributed by atoms with Gasteiger partial charge in [-0.15, -0.1) is 11.3 Å². The van der Waals surface area contributed by atoms with Crippen LogP contribution in [-0.2, 0) is 5.60 Å². The molecule has 0 radical (unpaired) electrons. The van der Waals surface area contributed by atoms with Crippen LogP contribution in [0.3, 0.4) is 0 Å². The van der Waals surface area contributed by atoms with Crippen molar-refractivity contribution in [3.8, 4) is 0 Å². The van der Waals surface area contributed by atoms with Gasteiger partial charge in [0.25, 0.3) is 0 Å². The number of nitrogens with zero attached hydrogens (tertiary/aromatic N) is 1. The van der Waals surface area contributed by atoms with Gasteiger partial charge in [-0.2, -0.15) is 0 Å². The number of anilines is 1. The first-order valence-electron chi connectivity index (χ1n) is 7.69. The fraction of sp³-hybridized carbons (Fsp3) is 0.471. The van der Waals surface area contributed by atoms with Gasteiger partial charge in [0.1, 0.15) is 5.60 Å². The van der Waals surface area contributed by atoms with Crippen LogP contribution in [0, 0.1) is 0 Å². The summed E-state index contributed by atoms with van der Waals surface area (Å²) in [6.07, 6.45) is 1.35. The van der Waals surface area contributed by atoms with Crippen molar-refractivity contribution in [1.82, 2.24) is 4.98 Å². The van der Waals surface area contributed by atoms with E-state index in [0.717, 1.165) is 15.7 Å². The lowest BCUT2D eigenvalue weighted by molar-refractivity contribution is 0.0247. The molecule has 0 aliphatic heterocycles. The quantitative estimate of drug-likeness (QED) is 0.665. The van der Waals surface area contributed by atoms with Gasteiger partial charge in [0, 0.05) is 10.3 Å². The van der Waals surface area contributed by atoms with E-state index in [1.165, 1.54) is 16.9 Å². The summed E-state index contributed by atoms with van der Waals surface area (Å²) in [5.74, 6) is 0.550. The number of benzene rings is 1. The van der Waals surface area contributed by atoms with Crippen LogP contribution < -0.4 is 4.72 Å². The monoisotopic (exact) mass is 336 g/mol. The Labute approximate surface area is 141 Å². The van der Waals surface area contributed by atoms with Crippen LogP contribution in [0.15, 0.2) is 34.5 Å². The first-order valence-corrected chi connectivity index (χ1v) is 9.39. The largest absolute Gasteiger partial charge is 0.384 e. The highest BCUT2D eigenvalue weighted by atomic mass is 32.2. The molecule has 0 bridgehead atoms. The smallest absolute Gasteiger partial charge is 0.193 e. The van der Waals surface area contributed by atoms with Gasteiger partial charge in [0.15, 0.2) is 5.13 Å². The van der Waals surface area contributed by atoms with Crippen molar-refractivity contribution >= 4 is 28.4 Å². The van der Waals surface area contributed by atoms with Crippen LogP contribution in [0.25, 0.3) is 0 Å². The minimum Gasteiger partial charge on any atom is -0.384 e. The van der Waals surface area contributed by atoms with E-state index >= 15 is 0 Å². The number of hydrogen-bond acceptors (Lipinski definition) is 5. The van der Waals surface area contributed by atoms with Gasteiger partial charge in [-0.05, 0) is 48.4 Å². The Morgan fingerprint density at radius 1 is 1.23 bits per heavy atom. The lowest BCUT2D eigenvalue weighted by Crippen LogP contribution is -2.23. The maximum absolute atomic E-state index is 10.5. The van der Waals surface area contributed by atoms with Crippen LogP contribution in [0.1, 0.15) is 57.7 Å². The van der Waals surface area contributed by atoms with E-state index in [9.17, 15) is 5.11 Å². The summed E-state index contributed by atoms with van der Waals surface area (Å²) < 4.78 is 3.26. The number of aliphatic hydroxyl groups is 1. The second-order valence-electron chi connectivity index (χ2n) is 5.70. The molecule has 0 atom stereocenters. The Balaban J connectivity index is 1.99. The predicted molar refractivity (Wildman–Crippen MR) is 96.6 cm³/mol. The summed E-state index contributed by atoms with van der Waals surface area (Å²) in [5.41, 5.74) is 1.30. The predicted octanol–water partition coefficient (Wildman–Crippen LogP) is 5.39. The van der Waals surface area contributed by atoms with E-state index in [2.05, 4.69) is 47.8 Å². The molecule has 1 heterocycles. The van der Waals surface area contributed by atoms with E-state index in [1.54, 1.807) is 11.9 Å². The van der Waals surface area contributed by atoms with E-state index in [4.69, 9.17) is 0 Å². The number of thiazole rings is 1. The molecule has 3 nitrogen and oxygen atoms in total. The second-order valence-corrected chi connectivity index (χ2v) is 7.44. The summed E-state index contributed by atoms with van der Waals surface area (Å²) in [6.45, 7) is 8.36. The average Bonchev–Trinajstić information content (AvgIpc) is 3.02. The van der Waals surface area contributed by atoms with Crippen molar-refractivity contribution in [3.05, 3.63) is 40.9 Å². The Kier molecular flexibility index (Phi) is 5.89. The van der Waals surface area contributed by atoms with Gasteiger partial charge in [-0.1, -0.05) is 39.8 Å². The van der Waals surface area contributed by atoms with Gasteiger partial charge < -0.3 is 9.83 Å². The summed E-state index contributed by atoms with van der Waals surface area (Å²) in [5, 5.41) is 13.3. The Morgan fingerprint density at radius 3 is 2.41 bits per heavy atom. The normalized spacial score (nSPS) is 11.9. The number of rotatable bonds is 7. The Hall–Kier alpha value is -1.04. The van der Waals surface area contributed by atoms with Crippen molar-refractivity contribution in [2.24, 2.45) is 0 Å². The van der Waals surface area contributed by atoms with Gasteiger partial charge in [-0.3, -0.25) is 0 Å². The minimum atomic E-state index is -0.806. The number of hydrogen-bond donors (Lipinski definition) is 2. The molecule has 0 amide bonds. The molecule has 0 aliphatic carbocycles. The average molecular weight is 337 g/mol. The van der Waals surface area contributed by atoms with Crippen LogP contribution >= 0.6 is 23.3 Å². The lowest BCUT2D eigenvalue weighted by Gasteiger charge is -2.22. The van der Waals surface area contributed by atoms with Crippen molar-refractivity contribution in [2.45, 2.75) is 57.0 Å². The minimum absolute atomic E-state index is 0.550. The first kappa shape index (κ1) is 17.3. The van der Waals surface area contributed by atoms with Gasteiger partial charge in [-0.25, -0.2) is 4.98 Å². The maximum Gasteiger partial charge on any atom is 0.193 e. The highest BCUT2D eigenvalue weighted by Gasteiger charge is 2.27. The standard InChI is InChI=1S/C17H24N2OS2/c1-5-17(20,6-2)15-11-21-16(18-15)19-22-14-9-7-13(8-10-14)12(3)4/h7-12,20H,5-6H2,1-4H3,(H,18,19). The molecule has 2 N–H and O–H groups in total. The SMILES string of the molecule is CCC(O)(CC)c1csc(NSc2ccc(C(C)C)cc2)n1. The summed E-state index contributed by atoms with van der Waals surface area (Å²) in [4.78, 5) is 5.68. The van der Waals surface area contributed by atoms with Crippen LogP contribution in [0.5, 0.6) is 0 Å². The Morgan fingerprint density at radius 2 is 1.86 bits per heavy atom. The molecule has 1 aromatic heterocycles. The van der Waals surface area contributed by atoms with Crippen molar-refractivity contribution in [1.29, 1.82) is 0 Å². The Bertz CT molecular complexity index is 589. The zero-order chi connectivity index (χ0) is 16.2. The highest BCUT2D eigenvalue weighted by Crippen LogP contribution is 2.32. The lowest BCUT2D eigenvalue weighted by atomic mass is 9.94. The van der Waals surface area contributed by atoms with E-state index < -0.39 is 5.60 Å². The third kappa shape index (κ3) is 4.03. The van der Waals surface area contributed by atoms with Crippen LogP contribution in [-0.4, -0.2) is 10.1 Å². The van der Waals surface area contributed by atoms with E-state index in [-0.39, 0.29) is 0 Å². The molecule has 22 heavy (non-hydrogen) atoms. The third-order valence-electron chi connectivity index (χ3n) is 3.95. The summed E-state index contributed by atoms with van der Waals surface area (Å²) >= 11 is 3.08. The number of nitrogens with one attached hydrogen (secondary N) is 1. The molecular formula is C17H24N2OS2. The topological polar surface area (TPSA) is 45.1 Å². The number of aromatic nitrogens is 1. The molecule has 0 aliphatic rings. The molecule has 0 unspecified atom stereocenters. The van der Waals surface area contributed by atoms with Crippen molar-refractivity contribution in [3.63, 3.8) is 0 Å². The molecular weight excluding hydrogens is 312 g/mol. The van der Waals surface area contributed by atoms with Crippen LogP contribution in [0.4, 0.5) is 5.13 Å². The molecule has 0 fully saturated rings. The van der Waals surface area contributed by atoms with Crippen molar-refractivity contribution < 1.29 is 5.11 Å². The molecule has 0 spiro atoms. The van der Waals surface area contributed by atoms with Gasteiger partial charge in [0.05, 0.1) is 5.69 Å². The third-order valence-corrected chi connectivity index (χ3v) is 5.64. The van der Waals surface area contributed by atoms with E-state index in [0.29, 0.717) is 18.8 Å². The molecule has 0 saturated heterocycles. The van der Waals surface area contributed by atoms with Crippen LogP contribution in [0.2, 0.25) is 0 Å². The fourth-order valence-electron chi connectivity index (χ4n) is 2.17. The zero-order valence-corrected chi connectivity index (χ0v) is 15.2. The zero-order valence-electron chi connectivity index (χ0n) is 13.6.